The predicted molar refractivity (Wildman–Crippen MR) is 55.4 cm³/mol. The minimum atomic E-state index is -4.94. The number of ketones is 1. The second-order valence-corrected chi connectivity index (χ2v) is 4.05. The second-order valence-electron chi connectivity index (χ2n) is 4.05. The van der Waals surface area contributed by atoms with E-state index < -0.39 is 17.7 Å². The Morgan fingerprint density at radius 2 is 1.88 bits per heavy atom. The molecular formula is C11H12F3NO2. The van der Waals surface area contributed by atoms with Crippen molar-refractivity contribution in [3.8, 4) is 0 Å². The summed E-state index contributed by atoms with van der Waals surface area (Å²) in [5, 5.41) is 0. The van der Waals surface area contributed by atoms with Crippen molar-refractivity contribution in [2.75, 3.05) is 0 Å². The minimum Gasteiger partial charge on any atom is -0.355 e. The number of carbonyl (C=O) groups is 2. The van der Waals surface area contributed by atoms with Crippen LogP contribution in [-0.2, 0) is 0 Å². The van der Waals surface area contributed by atoms with Crippen LogP contribution in [0.4, 0.5) is 13.2 Å². The fraction of sp³-hybridized carbons (Fsp3) is 0.455. The number of rotatable bonds is 3. The SMILES string of the molecule is Cc1c(C(=O)C(F)(F)F)[nH]c(C(C)C)c1C=O. The van der Waals surface area contributed by atoms with Crippen LogP contribution in [-0.4, -0.2) is 23.2 Å². The van der Waals surface area contributed by atoms with Crippen molar-refractivity contribution < 1.29 is 22.8 Å². The highest BCUT2D eigenvalue weighted by Crippen LogP contribution is 2.28. The Bertz CT molecular complexity index is 458. The van der Waals surface area contributed by atoms with E-state index in [-0.39, 0.29) is 17.0 Å². The van der Waals surface area contributed by atoms with Gasteiger partial charge in [0.15, 0.2) is 6.29 Å². The highest BCUT2D eigenvalue weighted by atomic mass is 19.4. The lowest BCUT2D eigenvalue weighted by atomic mass is 10.0. The van der Waals surface area contributed by atoms with E-state index in [1.165, 1.54) is 6.92 Å². The van der Waals surface area contributed by atoms with E-state index in [9.17, 15) is 22.8 Å². The molecule has 1 N–H and O–H groups in total. The van der Waals surface area contributed by atoms with E-state index in [4.69, 9.17) is 0 Å². The Labute approximate surface area is 96.0 Å². The Kier molecular flexibility index (Phi) is 3.45. The van der Waals surface area contributed by atoms with Gasteiger partial charge >= 0.3 is 6.18 Å². The summed E-state index contributed by atoms with van der Waals surface area (Å²) in [5.41, 5.74) is -0.0213. The van der Waals surface area contributed by atoms with E-state index in [1.54, 1.807) is 13.8 Å². The maximum atomic E-state index is 12.3. The number of nitrogens with one attached hydrogen (secondary N) is 1. The van der Waals surface area contributed by atoms with E-state index in [0.717, 1.165) is 0 Å². The lowest BCUT2D eigenvalue weighted by Gasteiger charge is -2.04. The third-order valence-corrected chi connectivity index (χ3v) is 2.51. The van der Waals surface area contributed by atoms with Gasteiger partial charge in [-0.05, 0) is 18.4 Å². The molecule has 6 heteroatoms. The lowest BCUT2D eigenvalue weighted by molar-refractivity contribution is -0.0888. The summed E-state index contributed by atoms with van der Waals surface area (Å²) in [6.45, 7) is 4.77. The van der Waals surface area contributed by atoms with Gasteiger partial charge in [-0.1, -0.05) is 13.8 Å². The van der Waals surface area contributed by atoms with Gasteiger partial charge in [0.25, 0.3) is 5.78 Å². The zero-order valence-electron chi connectivity index (χ0n) is 9.61. The van der Waals surface area contributed by atoms with Crippen molar-refractivity contribution in [2.45, 2.75) is 32.9 Å². The average Bonchev–Trinajstić information content (AvgIpc) is 2.52. The first-order valence-corrected chi connectivity index (χ1v) is 4.99. The summed E-state index contributed by atoms with van der Waals surface area (Å²) in [6.07, 6.45) is -4.47. The maximum absolute atomic E-state index is 12.3. The quantitative estimate of drug-likeness (QED) is 0.659. The minimum absolute atomic E-state index is 0.0472. The number of H-pyrrole nitrogens is 1. The van der Waals surface area contributed by atoms with Gasteiger partial charge in [-0.2, -0.15) is 13.2 Å². The van der Waals surface area contributed by atoms with Crippen LogP contribution in [0.25, 0.3) is 0 Å². The van der Waals surface area contributed by atoms with Crippen LogP contribution >= 0.6 is 0 Å². The predicted octanol–water partition coefficient (Wildman–Crippen LogP) is 3.00. The molecule has 0 amide bonds. The van der Waals surface area contributed by atoms with Gasteiger partial charge in [-0.3, -0.25) is 9.59 Å². The first kappa shape index (κ1) is 13.5. The molecule has 0 saturated heterocycles. The van der Waals surface area contributed by atoms with Crippen molar-refractivity contribution in [1.29, 1.82) is 0 Å². The molecule has 1 aromatic heterocycles. The molecule has 0 fully saturated rings. The van der Waals surface area contributed by atoms with Gasteiger partial charge in [0.05, 0.1) is 5.69 Å². The van der Waals surface area contributed by atoms with Gasteiger partial charge in [-0.25, -0.2) is 0 Å². The molecule has 17 heavy (non-hydrogen) atoms. The Balaban J connectivity index is 3.38. The van der Waals surface area contributed by atoms with Crippen LogP contribution in [0, 0.1) is 6.92 Å². The number of hydrogen-bond acceptors (Lipinski definition) is 2. The van der Waals surface area contributed by atoms with Crippen LogP contribution in [0.1, 0.15) is 51.9 Å². The summed E-state index contributed by atoms with van der Waals surface area (Å²) >= 11 is 0. The molecule has 0 radical (unpaired) electrons. The number of aromatic nitrogens is 1. The van der Waals surface area contributed by atoms with E-state index in [2.05, 4.69) is 4.98 Å². The van der Waals surface area contributed by atoms with Gasteiger partial charge in [0.2, 0.25) is 0 Å². The third-order valence-electron chi connectivity index (χ3n) is 2.51. The van der Waals surface area contributed by atoms with E-state index in [1.807, 2.05) is 0 Å². The topological polar surface area (TPSA) is 49.9 Å². The molecule has 0 aromatic carbocycles. The smallest absolute Gasteiger partial charge is 0.355 e. The average molecular weight is 247 g/mol. The molecule has 1 heterocycles. The van der Waals surface area contributed by atoms with Gasteiger partial charge in [0.1, 0.15) is 0 Å². The largest absolute Gasteiger partial charge is 0.456 e. The zero-order valence-corrected chi connectivity index (χ0v) is 9.61. The van der Waals surface area contributed by atoms with Crippen LogP contribution in [0.3, 0.4) is 0 Å². The Morgan fingerprint density at radius 1 is 1.35 bits per heavy atom. The molecule has 0 aliphatic heterocycles. The number of carbonyl (C=O) groups excluding carboxylic acids is 2. The number of alkyl halides is 3. The first-order chi connectivity index (χ1) is 7.70. The lowest BCUT2D eigenvalue weighted by Crippen LogP contribution is -2.23. The standard InChI is InChI=1S/C11H12F3NO2/c1-5(2)8-7(4-16)6(3)9(15-8)10(17)11(12,13)14/h4-5,15H,1-3H3. The fourth-order valence-corrected chi connectivity index (χ4v) is 1.61. The molecule has 1 rings (SSSR count). The van der Waals surface area contributed by atoms with E-state index in [0.29, 0.717) is 12.0 Å². The molecule has 94 valence electrons. The van der Waals surface area contributed by atoms with E-state index >= 15 is 0 Å². The van der Waals surface area contributed by atoms with Crippen LogP contribution in [0.5, 0.6) is 0 Å². The molecule has 0 unspecified atom stereocenters. The molecule has 0 bridgehead atoms. The van der Waals surface area contributed by atoms with Crippen LogP contribution < -0.4 is 0 Å². The second kappa shape index (κ2) is 4.35. The number of hydrogen-bond donors (Lipinski definition) is 1. The van der Waals surface area contributed by atoms with Crippen molar-refractivity contribution >= 4 is 12.1 Å². The first-order valence-electron chi connectivity index (χ1n) is 4.99. The molecule has 0 aliphatic carbocycles. The summed E-state index contributed by atoms with van der Waals surface area (Å²) in [7, 11) is 0. The van der Waals surface area contributed by atoms with Crippen molar-refractivity contribution in [3.63, 3.8) is 0 Å². The molecule has 1 aromatic rings. The van der Waals surface area contributed by atoms with Crippen molar-refractivity contribution in [3.05, 3.63) is 22.5 Å². The molecule has 0 saturated carbocycles. The monoisotopic (exact) mass is 247 g/mol. The highest BCUT2D eigenvalue weighted by Gasteiger charge is 2.41. The van der Waals surface area contributed by atoms with Crippen LogP contribution in [0.2, 0.25) is 0 Å². The Morgan fingerprint density at radius 3 is 2.18 bits per heavy atom. The third kappa shape index (κ3) is 2.40. The molecular weight excluding hydrogens is 235 g/mol. The van der Waals surface area contributed by atoms with Crippen LogP contribution in [0.15, 0.2) is 0 Å². The number of aromatic amines is 1. The molecule has 0 atom stereocenters. The summed E-state index contributed by atoms with van der Waals surface area (Å²) in [6, 6.07) is 0. The normalized spacial score (nSPS) is 11.9. The zero-order chi connectivity index (χ0) is 13.4. The van der Waals surface area contributed by atoms with Crippen molar-refractivity contribution in [2.24, 2.45) is 0 Å². The highest BCUT2D eigenvalue weighted by molar-refractivity contribution is 6.02. The van der Waals surface area contributed by atoms with Crippen molar-refractivity contribution in [1.82, 2.24) is 4.98 Å². The summed E-state index contributed by atoms with van der Waals surface area (Å²) in [5.74, 6) is -2.12. The van der Waals surface area contributed by atoms with Gasteiger partial charge < -0.3 is 4.98 Å². The molecule has 3 nitrogen and oxygen atoms in total. The fourth-order valence-electron chi connectivity index (χ4n) is 1.61. The summed E-state index contributed by atoms with van der Waals surface area (Å²) < 4.78 is 36.9. The van der Waals surface area contributed by atoms with Gasteiger partial charge in [-0.15, -0.1) is 0 Å². The Hall–Kier alpha value is -1.59. The number of Topliss-reactive ketones (excluding diaryl/α,β-unsaturated/α-hetero) is 1. The van der Waals surface area contributed by atoms with Gasteiger partial charge in [0, 0.05) is 11.3 Å². The number of halogens is 3. The summed E-state index contributed by atoms with van der Waals surface area (Å²) in [4.78, 5) is 24.4. The maximum Gasteiger partial charge on any atom is 0.456 e. The number of aldehydes is 1. The molecule has 0 spiro atoms. The molecule has 0 aliphatic rings.